The molecule has 2 aromatic carbocycles. The molecule has 2 saturated heterocycles. The van der Waals surface area contributed by atoms with Gasteiger partial charge in [-0.15, -0.1) is 0 Å². The predicted molar refractivity (Wildman–Crippen MR) is 133 cm³/mol. The Bertz CT molecular complexity index is 1290. The molecule has 0 aromatic heterocycles. The lowest BCUT2D eigenvalue weighted by molar-refractivity contribution is -0.376. The van der Waals surface area contributed by atoms with Crippen LogP contribution in [-0.2, 0) is 30.7 Å². The molecule has 0 aliphatic carbocycles. The second kappa shape index (κ2) is 11.0. The van der Waals surface area contributed by atoms with Gasteiger partial charge in [-0.25, -0.2) is 4.39 Å². The predicted octanol–water partition coefficient (Wildman–Crippen LogP) is 4.63. The molecule has 2 amide bonds. The highest BCUT2D eigenvalue weighted by atomic mass is 32.2. The molecular formula is C27H27F7N2O4S. The van der Waals surface area contributed by atoms with Crippen LogP contribution < -0.4 is 0 Å². The van der Waals surface area contributed by atoms with Gasteiger partial charge in [-0.05, 0) is 49.1 Å². The molecule has 2 aliphatic rings. The largest absolute Gasteiger partial charge is 0.430 e. The van der Waals surface area contributed by atoms with Crippen molar-refractivity contribution in [3.63, 3.8) is 0 Å². The lowest BCUT2D eigenvalue weighted by Crippen LogP contribution is -2.53. The summed E-state index contributed by atoms with van der Waals surface area (Å²) in [5.41, 5.74) is -6.50. The van der Waals surface area contributed by atoms with Gasteiger partial charge in [0.15, 0.2) is 0 Å². The third kappa shape index (κ3) is 5.60. The van der Waals surface area contributed by atoms with Crippen LogP contribution in [0.5, 0.6) is 0 Å². The van der Waals surface area contributed by atoms with Crippen molar-refractivity contribution in [2.75, 3.05) is 26.2 Å². The van der Waals surface area contributed by atoms with Crippen LogP contribution in [0.4, 0.5) is 30.7 Å². The van der Waals surface area contributed by atoms with Crippen molar-refractivity contribution in [1.82, 2.24) is 9.80 Å². The summed E-state index contributed by atoms with van der Waals surface area (Å²) in [5.74, 6) is -1.40. The standard InChI is InChI=1S/C27H27F7N2O4S/c1-17(37)35-13-10-18(11-14-35)23(38)36-15-12-24(16-36,41(40)22-8-6-21(28)7-9-22)19-2-4-20(5-3-19)25(39,26(29,30)31)27(32,33)34/h2-9,18,39H,10-16H2,1H3. The third-order valence-corrected chi connectivity index (χ3v) is 9.84. The fraction of sp³-hybridized carbons (Fsp3) is 0.481. The molecule has 1 N–H and O–H groups in total. The van der Waals surface area contributed by atoms with Crippen molar-refractivity contribution in [3.05, 3.63) is 65.5 Å². The molecule has 2 aromatic rings. The van der Waals surface area contributed by atoms with Gasteiger partial charge in [0.1, 0.15) is 5.82 Å². The normalized spacial score (nSPS) is 21.7. The van der Waals surface area contributed by atoms with E-state index in [1.165, 1.54) is 24.0 Å². The molecule has 2 unspecified atom stereocenters. The zero-order valence-corrected chi connectivity index (χ0v) is 22.6. The maximum Gasteiger partial charge on any atom is 0.430 e. The van der Waals surface area contributed by atoms with E-state index >= 15 is 0 Å². The highest BCUT2D eigenvalue weighted by molar-refractivity contribution is 7.86. The Labute approximate surface area is 233 Å². The SMILES string of the molecule is CC(=O)N1CCC(C(=O)N2CCC(c3ccc(C(O)(C(F)(F)F)C(F)(F)F)cc3)(S(=O)c3ccc(F)cc3)C2)CC1. The van der Waals surface area contributed by atoms with Gasteiger partial charge in [0.25, 0.3) is 5.60 Å². The molecule has 2 aliphatic heterocycles. The number of amides is 2. The van der Waals surface area contributed by atoms with E-state index in [2.05, 4.69) is 0 Å². The first kappa shape index (κ1) is 30.9. The van der Waals surface area contributed by atoms with E-state index in [1.807, 2.05) is 0 Å². The van der Waals surface area contributed by atoms with Crippen molar-refractivity contribution in [2.45, 2.75) is 53.8 Å². The Balaban J connectivity index is 1.69. The summed E-state index contributed by atoms with van der Waals surface area (Å²) in [5, 5.41) is 9.78. The van der Waals surface area contributed by atoms with Crippen molar-refractivity contribution >= 4 is 22.6 Å². The minimum atomic E-state index is -6.07. The number of hydrogen-bond donors (Lipinski definition) is 1. The third-order valence-electron chi connectivity index (χ3n) is 7.86. The van der Waals surface area contributed by atoms with Crippen LogP contribution in [0.25, 0.3) is 0 Å². The minimum Gasteiger partial charge on any atom is -0.369 e. The molecule has 2 heterocycles. The van der Waals surface area contributed by atoms with E-state index < -0.39 is 50.8 Å². The average Bonchev–Trinajstić information content (AvgIpc) is 3.38. The number of piperidine rings is 1. The van der Waals surface area contributed by atoms with Crippen molar-refractivity contribution in [3.8, 4) is 0 Å². The van der Waals surface area contributed by atoms with Gasteiger partial charge >= 0.3 is 12.4 Å². The van der Waals surface area contributed by atoms with Crippen molar-refractivity contribution < 1.29 is 49.6 Å². The summed E-state index contributed by atoms with van der Waals surface area (Å²) in [4.78, 5) is 28.3. The topological polar surface area (TPSA) is 77.9 Å². The summed E-state index contributed by atoms with van der Waals surface area (Å²) in [6.07, 6.45) is -11.3. The molecule has 224 valence electrons. The van der Waals surface area contributed by atoms with Gasteiger partial charge in [-0.1, -0.05) is 24.3 Å². The number of hydrogen-bond acceptors (Lipinski definition) is 4. The maximum absolute atomic E-state index is 13.9. The zero-order chi connectivity index (χ0) is 30.4. The molecule has 0 spiro atoms. The number of alkyl halides is 6. The summed E-state index contributed by atoms with van der Waals surface area (Å²) < 4.78 is 107. The van der Waals surface area contributed by atoms with E-state index in [0.717, 1.165) is 24.3 Å². The van der Waals surface area contributed by atoms with Crippen molar-refractivity contribution in [1.29, 1.82) is 0 Å². The highest BCUT2D eigenvalue weighted by Crippen LogP contribution is 2.51. The van der Waals surface area contributed by atoms with Crippen LogP contribution in [0.3, 0.4) is 0 Å². The number of likely N-dealkylation sites (tertiary alicyclic amines) is 2. The molecule has 0 saturated carbocycles. The van der Waals surface area contributed by atoms with Crippen LogP contribution in [0, 0.1) is 11.7 Å². The van der Waals surface area contributed by atoms with E-state index in [-0.39, 0.29) is 41.8 Å². The van der Waals surface area contributed by atoms with Crippen LogP contribution in [0.15, 0.2) is 53.4 Å². The molecule has 0 radical (unpaired) electrons. The quantitative estimate of drug-likeness (QED) is 0.503. The first-order valence-electron chi connectivity index (χ1n) is 12.7. The maximum atomic E-state index is 13.9. The summed E-state index contributed by atoms with van der Waals surface area (Å²) >= 11 is 0. The van der Waals surface area contributed by atoms with Crippen LogP contribution in [-0.4, -0.2) is 69.5 Å². The van der Waals surface area contributed by atoms with Gasteiger partial charge in [0.2, 0.25) is 11.8 Å². The number of aliphatic hydroxyl groups is 1. The molecule has 14 heteroatoms. The van der Waals surface area contributed by atoms with E-state index in [4.69, 9.17) is 0 Å². The van der Waals surface area contributed by atoms with Gasteiger partial charge in [0, 0.05) is 49.5 Å². The number of rotatable bonds is 5. The number of carbonyl (C=O) groups is 2. The first-order chi connectivity index (χ1) is 19.0. The summed E-state index contributed by atoms with van der Waals surface area (Å²) in [6, 6.07) is 7.51. The smallest absolute Gasteiger partial charge is 0.369 e. The Morgan fingerprint density at radius 1 is 0.878 bits per heavy atom. The average molecular weight is 609 g/mol. The monoisotopic (exact) mass is 608 g/mol. The lowest BCUT2D eigenvalue weighted by Gasteiger charge is -2.34. The molecular weight excluding hydrogens is 581 g/mol. The highest BCUT2D eigenvalue weighted by Gasteiger charge is 2.71. The Morgan fingerprint density at radius 3 is 1.90 bits per heavy atom. The minimum absolute atomic E-state index is 0.0528. The number of nitrogens with zero attached hydrogens (tertiary/aromatic N) is 2. The number of carbonyl (C=O) groups excluding carboxylic acids is 2. The molecule has 41 heavy (non-hydrogen) atoms. The van der Waals surface area contributed by atoms with Crippen LogP contribution >= 0.6 is 0 Å². The van der Waals surface area contributed by atoms with E-state index in [1.54, 1.807) is 4.90 Å². The zero-order valence-electron chi connectivity index (χ0n) is 21.8. The first-order valence-corrected chi connectivity index (χ1v) is 13.8. The van der Waals surface area contributed by atoms with Crippen molar-refractivity contribution in [2.24, 2.45) is 5.92 Å². The molecule has 4 rings (SSSR count). The van der Waals surface area contributed by atoms with Gasteiger partial charge in [-0.2, -0.15) is 26.3 Å². The van der Waals surface area contributed by atoms with Crippen LogP contribution in [0.2, 0.25) is 0 Å². The number of benzene rings is 2. The molecule has 6 nitrogen and oxygen atoms in total. The van der Waals surface area contributed by atoms with Crippen LogP contribution in [0.1, 0.15) is 37.3 Å². The van der Waals surface area contributed by atoms with E-state index in [0.29, 0.717) is 38.1 Å². The summed E-state index contributed by atoms with van der Waals surface area (Å²) in [7, 11) is -2.01. The van der Waals surface area contributed by atoms with Gasteiger partial charge < -0.3 is 14.9 Å². The second-order valence-electron chi connectivity index (χ2n) is 10.3. The van der Waals surface area contributed by atoms with Gasteiger partial charge in [0.05, 0.1) is 15.5 Å². The fourth-order valence-corrected chi connectivity index (χ4v) is 7.19. The van der Waals surface area contributed by atoms with Gasteiger partial charge in [-0.3, -0.25) is 13.8 Å². The molecule has 0 bridgehead atoms. The lowest BCUT2D eigenvalue weighted by atomic mass is 9.89. The Morgan fingerprint density at radius 2 is 1.41 bits per heavy atom. The molecule has 2 atom stereocenters. The van der Waals surface area contributed by atoms with E-state index in [9.17, 15) is 49.6 Å². The Kier molecular flexibility index (Phi) is 8.31. The molecule has 2 fully saturated rings. The second-order valence-corrected chi connectivity index (χ2v) is 12.1. The number of halogens is 7. The summed E-state index contributed by atoms with van der Waals surface area (Å²) in [6.45, 7) is 2.14. The Hall–Kier alpha value is -3.00. The fourth-order valence-electron chi connectivity index (χ4n) is 5.45.